The summed E-state index contributed by atoms with van der Waals surface area (Å²) < 4.78 is 16.2. The van der Waals surface area contributed by atoms with E-state index in [2.05, 4.69) is 10.1 Å². The zero-order chi connectivity index (χ0) is 18.8. The quantitative estimate of drug-likeness (QED) is 0.475. The second kappa shape index (κ2) is 7.54. The summed E-state index contributed by atoms with van der Waals surface area (Å²) in [4.78, 5) is 17.0. The standard InChI is InChI=1S/C19H14ClFN4OS/c20-15-6-4-13(5-7-15)12-27-18-17-23-25(19(26)24(17)9-8-22-18)11-14-2-1-3-16(21)10-14/h1-10H,11-12H2. The van der Waals surface area contributed by atoms with E-state index in [1.54, 1.807) is 24.5 Å². The molecule has 0 saturated carbocycles. The zero-order valence-electron chi connectivity index (χ0n) is 14.0. The number of benzene rings is 2. The van der Waals surface area contributed by atoms with Crippen LogP contribution in [0.3, 0.4) is 0 Å². The fraction of sp³-hybridized carbons (Fsp3) is 0.105. The van der Waals surface area contributed by atoms with E-state index in [0.29, 0.717) is 27.0 Å². The molecule has 8 heteroatoms. The third kappa shape index (κ3) is 3.89. The van der Waals surface area contributed by atoms with Gasteiger partial charge in [-0.2, -0.15) is 0 Å². The number of hydrogen-bond acceptors (Lipinski definition) is 4. The molecule has 0 atom stereocenters. The van der Waals surface area contributed by atoms with Crippen molar-refractivity contribution in [2.45, 2.75) is 17.3 Å². The molecule has 0 spiro atoms. The van der Waals surface area contributed by atoms with E-state index >= 15 is 0 Å². The lowest BCUT2D eigenvalue weighted by Crippen LogP contribution is -2.21. The van der Waals surface area contributed by atoms with Crippen LogP contribution in [0.4, 0.5) is 4.39 Å². The Morgan fingerprint density at radius 2 is 1.93 bits per heavy atom. The minimum Gasteiger partial charge on any atom is -0.246 e. The maximum atomic E-state index is 13.4. The predicted molar refractivity (Wildman–Crippen MR) is 104 cm³/mol. The maximum absolute atomic E-state index is 13.4. The fourth-order valence-electron chi connectivity index (χ4n) is 2.67. The summed E-state index contributed by atoms with van der Waals surface area (Å²) in [5.41, 5.74) is 1.96. The molecule has 0 aliphatic carbocycles. The van der Waals surface area contributed by atoms with Crippen molar-refractivity contribution in [3.63, 3.8) is 0 Å². The highest BCUT2D eigenvalue weighted by molar-refractivity contribution is 7.98. The molecular formula is C19H14ClFN4OS. The van der Waals surface area contributed by atoms with Crippen LogP contribution in [0.1, 0.15) is 11.1 Å². The molecule has 0 saturated heterocycles. The van der Waals surface area contributed by atoms with Crippen LogP contribution < -0.4 is 5.69 Å². The molecule has 0 bridgehead atoms. The molecule has 4 aromatic rings. The van der Waals surface area contributed by atoms with E-state index in [0.717, 1.165) is 5.56 Å². The minimum absolute atomic E-state index is 0.194. The molecule has 2 heterocycles. The van der Waals surface area contributed by atoms with Crippen LogP contribution in [0.25, 0.3) is 5.65 Å². The Bertz CT molecular complexity index is 1160. The lowest BCUT2D eigenvalue weighted by molar-refractivity contribution is 0.615. The Morgan fingerprint density at radius 1 is 1.11 bits per heavy atom. The lowest BCUT2D eigenvalue weighted by Gasteiger charge is -2.02. The second-order valence-electron chi connectivity index (χ2n) is 5.91. The zero-order valence-corrected chi connectivity index (χ0v) is 15.6. The van der Waals surface area contributed by atoms with Gasteiger partial charge in [-0.1, -0.05) is 47.6 Å². The fourth-order valence-corrected chi connectivity index (χ4v) is 3.70. The van der Waals surface area contributed by atoms with Crippen molar-refractivity contribution in [2.75, 3.05) is 0 Å². The van der Waals surface area contributed by atoms with Gasteiger partial charge in [-0.05, 0) is 35.4 Å². The van der Waals surface area contributed by atoms with Gasteiger partial charge in [0, 0.05) is 23.2 Å². The van der Waals surface area contributed by atoms with Gasteiger partial charge in [0.1, 0.15) is 10.8 Å². The SMILES string of the molecule is O=c1n(Cc2cccc(F)c2)nc2c(SCc3ccc(Cl)cc3)nccn12. The molecule has 0 aliphatic heterocycles. The topological polar surface area (TPSA) is 52.2 Å². The van der Waals surface area contributed by atoms with Crippen molar-refractivity contribution in [2.24, 2.45) is 0 Å². The van der Waals surface area contributed by atoms with Gasteiger partial charge in [-0.3, -0.25) is 0 Å². The van der Waals surface area contributed by atoms with E-state index in [9.17, 15) is 9.18 Å². The highest BCUT2D eigenvalue weighted by Gasteiger charge is 2.13. The van der Waals surface area contributed by atoms with Crippen molar-refractivity contribution < 1.29 is 4.39 Å². The number of rotatable bonds is 5. The van der Waals surface area contributed by atoms with Crippen LogP contribution in [0.2, 0.25) is 5.02 Å². The summed E-state index contributed by atoms with van der Waals surface area (Å²) in [6, 6.07) is 13.7. The first kappa shape index (κ1) is 17.8. The van der Waals surface area contributed by atoms with Gasteiger partial charge in [0.25, 0.3) is 0 Å². The summed E-state index contributed by atoms with van der Waals surface area (Å²) in [5.74, 6) is 0.333. The summed E-state index contributed by atoms with van der Waals surface area (Å²) in [6.45, 7) is 0.194. The minimum atomic E-state index is -0.342. The molecule has 0 unspecified atom stereocenters. The van der Waals surface area contributed by atoms with Crippen LogP contribution in [-0.2, 0) is 12.3 Å². The number of fused-ring (bicyclic) bond motifs is 1. The van der Waals surface area contributed by atoms with Crippen LogP contribution in [0.5, 0.6) is 0 Å². The Hall–Kier alpha value is -2.64. The first-order chi connectivity index (χ1) is 13.1. The van der Waals surface area contributed by atoms with E-state index in [1.807, 2.05) is 24.3 Å². The monoisotopic (exact) mass is 400 g/mol. The molecule has 0 N–H and O–H groups in total. The molecule has 0 radical (unpaired) electrons. The van der Waals surface area contributed by atoms with Gasteiger partial charge < -0.3 is 0 Å². The second-order valence-corrected chi connectivity index (χ2v) is 7.31. The Morgan fingerprint density at radius 3 is 2.70 bits per heavy atom. The molecule has 2 aromatic heterocycles. The van der Waals surface area contributed by atoms with Gasteiger partial charge in [-0.25, -0.2) is 23.3 Å². The molecule has 4 rings (SSSR count). The largest absolute Gasteiger partial charge is 0.350 e. The summed E-state index contributed by atoms with van der Waals surface area (Å²) in [7, 11) is 0. The molecule has 0 fully saturated rings. The number of thioether (sulfide) groups is 1. The van der Waals surface area contributed by atoms with Gasteiger partial charge in [0.05, 0.1) is 6.54 Å². The van der Waals surface area contributed by atoms with Gasteiger partial charge in [0.2, 0.25) is 0 Å². The van der Waals surface area contributed by atoms with Crippen molar-refractivity contribution in [1.82, 2.24) is 19.2 Å². The highest BCUT2D eigenvalue weighted by atomic mass is 35.5. The van der Waals surface area contributed by atoms with Crippen LogP contribution in [0.15, 0.2) is 70.7 Å². The Labute approximate surface area is 163 Å². The first-order valence-electron chi connectivity index (χ1n) is 8.16. The van der Waals surface area contributed by atoms with Crippen molar-refractivity contribution in [1.29, 1.82) is 0 Å². The third-order valence-electron chi connectivity index (χ3n) is 3.98. The van der Waals surface area contributed by atoms with Crippen molar-refractivity contribution in [3.8, 4) is 0 Å². The van der Waals surface area contributed by atoms with E-state index < -0.39 is 0 Å². The predicted octanol–water partition coefficient (Wildman–Crippen LogP) is 4.02. The molecule has 27 heavy (non-hydrogen) atoms. The van der Waals surface area contributed by atoms with E-state index in [1.165, 1.54) is 33.0 Å². The number of aromatic nitrogens is 4. The third-order valence-corrected chi connectivity index (χ3v) is 5.27. The highest BCUT2D eigenvalue weighted by Crippen LogP contribution is 2.24. The van der Waals surface area contributed by atoms with Gasteiger partial charge >= 0.3 is 5.69 Å². The number of nitrogens with zero attached hydrogens (tertiary/aromatic N) is 4. The van der Waals surface area contributed by atoms with Gasteiger partial charge in [0.15, 0.2) is 5.65 Å². The average Bonchev–Trinajstić information content (AvgIpc) is 2.98. The summed E-state index contributed by atoms with van der Waals surface area (Å²) in [6.07, 6.45) is 3.16. The average molecular weight is 401 g/mol. The Balaban J connectivity index is 1.62. The van der Waals surface area contributed by atoms with Gasteiger partial charge in [-0.15, -0.1) is 5.10 Å². The Kier molecular flexibility index (Phi) is 4.96. The molecule has 0 amide bonds. The van der Waals surface area contributed by atoms with E-state index in [4.69, 9.17) is 11.6 Å². The van der Waals surface area contributed by atoms with Crippen LogP contribution in [0, 0.1) is 5.82 Å². The molecule has 0 aliphatic rings. The van der Waals surface area contributed by atoms with Crippen LogP contribution >= 0.6 is 23.4 Å². The normalized spacial score (nSPS) is 11.2. The molecule has 136 valence electrons. The smallest absolute Gasteiger partial charge is 0.246 e. The summed E-state index contributed by atoms with van der Waals surface area (Å²) in [5, 5.41) is 5.75. The van der Waals surface area contributed by atoms with Crippen LogP contribution in [-0.4, -0.2) is 19.2 Å². The maximum Gasteiger partial charge on any atom is 0.350 e. The molecule has 5 nitrogen and oxygen atoms in total. The lowest BCUT2D eigenvalue weighted by atomic mass is 10.2. The van der Waals surface area contributed by atoms with Crippen molar-refractivity contribution >= 4 is 29.0 Å². The first-order valence-corrected chi connectivity index (χ1v) is 9.52. The molecule has 2 aromatic carbocycles. The number of hydrogen-bond donors (Lipinski definition) is 0. The number of halogens is 2. The van der Waals surface area contributed by atoms with E-state index in [-0.39, 0.29) is 18.1 Å². The summed E-state index contributed by atoms with van der Waals surface area (Å²) >= 11 is 7.40. The van der Waals surface area contributed by atoms with Crippen molar-refractivity contribution in [3.05, 3.63) is 93.4 Å². The molecular weight excluding hydrogens is 387 g/mol.